The number of rotatable bonds is 3. The normalized spacial score (nSPS) is 12.9. The van der Waals surface area contributed by atoms with E-state index in [0.29, 0.717) is 30.3 Å². The van der Waals surface area contributed by atoms with E-state index in [2.05, 4.69) is 17.4 Å². The number of hydrogen-bond acceptors (Lipinski definition) is 3. The van der Waals surface area contributed by atoms with E-state index in [1.165, 1.54) is 0 Å². The summed E-state index contributed by atoms with van der Waals surface area (Å²) in [6.45, 7) is 1.23. The van der Waals surface area contributed by atoms with E-state index < -0.39 is 0 Å². The number of benzene rings is 3. The van der Waals surface area contributed by atoms with Gasteiger partial charge in [-0.1, -0.05) is 42.5 Å². The van der Waals surface area contributed by atoms with Gasteiger partial charge < -0.3 is 14.8 Å². The van der Waals surface area contributed by atoms with Gasteiger partial charge in [0.15, 0.2) is 11.5 Å². The Morgan fingerprint density at radius 2 is 1.46 bits per heavy atom. The molecule has 0 aromatic heterocycles. The molecule has 4 rings (SSSR count). The smallest absolute Gasteiger partial charge is 0.255 e. The van der Waals surface area contributed by atoms with Crippen LogP contribution in [-0.4, -0.2) is 19.1 Å². The SMILES string of the molecule is O=C(Nc1ccc(-c2ccccc2)cc1)c1ccc2c(c1)OCCCO2. The van der Waals surface area contributed by atoms with Gasteiger partial charge in [0, 0.05) is 17.7 Å². The van der Waals surface area contributed by atoms with Gasteiger partial charge in [-0.25, -0.2) is 0 Å². The maximum atomic E-state index is 12.5. The molecule has 3 aromatic rings. The molecule has 4 heteroatoms. The van der Waals surface area contributed by atoms with E-state index in [0.717, 1.165) is 23.2 Å². The van der Waals surface area contributed by atoms with Crippen molar-refractivity contribution in [1.82, 2.24) is 0 Å². The van der Waals surface area contributed by atoms with Crippen LogP contribution in [0.15, 0.2) is 72.8 Å². The van der Waals surface area contributed by atoms with Gasteiger partial charge in [-0.05, 0) is 41.5 Å². The fourth-order valence-electron chi connectivity index (χ4n) is 2.88. The minimum atomic E-state index is -0.173. The van der Waals surface area contributed by atoms with Crippen molar-refractivity contribution in [3.8, 4) is 22.6 Å². The van der Waals surface area contributed by atoms with Crippen LogP contribution in [0.3, 0.4) is 0 Å². The maximum Gasteiger partial charge on any atom is 0.255 e. The van der Waals surface area contributed by atoms with Crippen LogP contribution in [0.5, 0.6) is 11.5 Å². The molecule has 130 valence electrons. The van der Waals surface area contributed by atoms with Crippen LogP contribution in [-0.2, 0) is 0 Å². The lowest BCUT2D eigenvalue weighted by Gasteiger charge is -2.10. The quantitative estimate of drug-likeness (QED) is 0.744. The summed E-state index contributed by atoms with van der Waals surface area (Å²) in [5.74, 6) is 1.13. The molecule has 1 aliphatic rings. The van der Waals surface area contributed by atoms with Crippen LogP contribution < -0.4 is 14.8 Å². The maximum absolute atomic E-state index is 12.5. The van der Waals surface area contributed by atoms with Crippen molar-refractivity contribution in [3.05, 3.63) is 78.4 Å². The Morgan fingerprint density at radius 1 is 0.769 bits per heavy atom. The van der Waals surface area contributed by atoms with Crippen molar-refractivity contribution in [3.63, 3.8) is 0 Å². The first-order valence-corrected chi connectivity index (χ1v) is 8.66. The highest BCUT2D eigenvalue weighted by Gasteiger charge is 2.14. The lowest BCUT2D eigenvalue weighted by Crippen LogP contribution is -2.12. The van der Waals surface area contributed by atoms with Gasteiger partial charge in [0.2, 0.25) is 0 Å². The van der Waals surface area contributed by atoms with Crippen molar-refractivity contribution >= 4 is 11.6 Å². The summed E-state index contributed by atoms with van der Waals surface area (Å²) in [5.41, 5.74) is 3.55. The molecule has 0 unspecified atom stereocenters. The van der Waals surface area contributed by atoms with E-state index in [-0.39, 0.29) is 5.91 Å². The molecule has 0 spiro atoms. The van der Waals surface area contributed by atoms with Gasteiger partial charge in [-0.2, -0.15) is 0 Å². The van der Waals surface area contributed by atoms with Crippen molar-refractivity contribution in [2.45, 2.75) is 6.42 Å². The molecule has 1 aliphatic heterocycles. The highest BCUT2D eigenvalue weighted by atomic mass is 16.5. The zero-order chi connectivity index (χ0) is 17.8. The topological polar surface area (TPSA) is 47.6 Å². The van der Waals surface area contributed by atoms with Crippen LogP contribution in [0, 0.1) is 0 Å². The first-order chi connectivity index (χ1) is 12.8. The number of hydrogen-bond donors (Lipinski definition) is 1. The molecule has 0 atom stereocenters. The molecular weight excluding hydrogens is 326 g/mol. The predicted octanol–water partition coefficient (Wildman–Crippen LogP) is 4.77. The Balaban J connectivity index is 1.49. The number of fused-ring (bicyclic) bond motifs is 1. The van der Waals surface area contributed by atoms with Crippen LogP contribution in [0.25, 0.3) is 11.1 Å². The minimum absolute atomic E-state index is 0.173. The van der Waals surface area contributed by atoms with Crippen LogP contribution in [0.1, 0.15) is 16.8 Å². The predicted molar refractivity (Wildman–Crippen MR) is 102 cm³/mol. The molecule has 4 nitrogen and oxygen atoms in total. The molecule has 0 radical (unpaired) electrons. The molecule has 26 heavy (non-hydrogen) atoms. The fourth-order valence-corrected chi connectivity index (χ4v) is 2.88. The molecule has 3 aromatic carbocycles. The average Bonchev–Trinajstić information content (AvgIpc) is 2.94. The first-order valence-electron chi connectivity index (χ1n) is 8.66. The van der Waals surface area contributed by atoms with Gasteiger partial charge >= 0.3 is 0 Å². The Bertz CT molecular complexity index is 904. The summed E-state index contributed by atoms with van der Waals surface area (Å²) < 4.78 is 11.2. The fraction of sp³-hybridized carbons (Fsp3) is 0.136. The number of amides is 1. The van der Waals surface area contributed by atoms with Gasteiger partial charge in [0.25, 0.3) is 5.91 Å². The van der Waals surface area contributed by atoms with Crippen molar-refractivity contribution in [2.75, 3.05) is 18.5 Å². The van der Waals surface area contributed by atoms with Gasteiger partial charge in [0.05, 0.1) is 13.2 Å². The molecule has 0 saturated carbocycles. The second-order valence-corrected chi connectivity index (χ2v) is 6.11. The second-order valence-electron chi connectivity index (χ2n) is 6.11. The number of ether oxygens (including phenoxy) is 2. The lowest BCUT2D eigenvalue weighted by atomic mass is 10.1. The van der Waals surface area contributed by atoms with Crippen molar-refractivity contribution in [2.24, 2.45) is 0 Å². The Labute approximate surface area is 152 Å². The van der Waals surface area contributed by atoms with E-state index in [1.807, 2.05) is 42.5 Å². The van der Waals surface area contributed by atoms with E-state index in [4.69, 9.17) is 9.47 Å². The molecule has 1 amide bonds. The number of nitrogens with one attached hydrogen (secondary N) is 1. The minimum Gasteiger partial charge on any atom is -0.490 e. The molecule has 0 fully saturated rings. The van der Waals surface area contributed by atoms with Crippen molar-refractivity contribution < 1.29 is 14.3 Å². The van der Waals surface area contributed by atoms with Gasteiger partial charge in [-0.15, -0.1) is 0 Å². The van der Waals surface area contributed by atoms with Crippen molar-refractivity contribution in [1.29, 1.82) is 0 Å². The second kappa shape index (κ2) is 7.31. The number of carbonyl (C=O) groups is 1. The molecule has 0 saturated heterocycles. The number of carbonyl (C=O) groups excluding carboxylic acids is 1. The van der Waals surface area contributed by atoms with Gasteiger partial charge in [-0.3, -0.25) is 4.79 Å². The number of anilines is 1. The molecular formula is C22H19NO3. The highest BCUT2D eigenvalue weighted by molar-refractivity contribution is 6.04. The Morgan fingerprint density at radius 3 is 2.23 bits per heavy atom. The summed E-state index contributed by atoms with van der Waals surface area (Å²) in [6.07, 6.45) is 0.837. The molecule has 0 bridgehead atoms. The summed E-state index contributed by atoms with van der Waals surface area (Å²) in [7, 11) is 0. The largest absolute Gasteiger partial charge is 0.490 e. The molecule has 1 N–H and O–H groups in total. The van der Waals surface area contributed by atoms with E-state index in [9.17, 15) is 4.79 Å². The third kappa shape index (κ3) is 3.54. The average molecular weight is 345 g/mol. The zero-order valence-corrected chi connectivity index (χ0v) is 14.3. The summed E-state index contributed by atoms with van der Waals surface area (Å²) in [4.78, 5) is 12.5. The third-order valence-electron chi connectivity index (χ3n) is 4.26. The van der Waals surface area contributed by atoms with E-state index in [1.54, 1.807) is 18.2 Å². The van der Waals surface area contributed by atoms with Crippen LogP contribution in [0.4, 0.5) is 5.69 Å². The standard InChI is InChI=1S/C22H19NO3/c24-22(18-9-12-20-21(15-18)26-14-4-13-25-20)23-19-10-7-17(8-11-19)16-5-2-1-3-6-16/h1-3,5-12,15H,4,13-14H2,(H,23,24). The summed E-state index contributed by atoms with van der Waals surface area (Å²) >= 11 is 0. The van der Waals surface area contributed by atoms with Crippen LogP contribution in [0.2, 0.25) is 0 Å². The zero-order valence-electron chi connectivity index (χ0n) is 14.3. The summed E-state index contributed by atoms with van der Waals surface area (Å²) in [5, 5.41) is 2.92. The Kier molecular flexibility index (Phi) is 4.56. The van der Waals surface area contributed by atoms with Gasteiger partial charge in [0.1, 0.15) is 0 Å². The highest BCUT2D eigenvalue weighted by Crippen LogP contribution is 2.30. The lowest BCUT2D eigenvalue weighted by molar-refractivity contribution is 0.102. The third-order valence-corrected chi connectivity index (χ3v) is 4.26. The van der Waals surface area contributed by atoms with E-state index >= 15 is 0 Å². The monoisotopic (exact) mass is 345 g/mol. The van der Waals surface area contributed by atoms with Crippen LogP contribution >= 0.6 is 0 Å². The first kappa shape index (κ1) is 16.2. The Hall–Kier alpha value is -3.27. The molecule has 1 heterocycles. The summed E-state index contributed by atoms with van der Waals surface area (Å²) in [6, 6.07) is 23.2. The molecule has 0 aliphatic carbocycles.